The summed E-state index contributed by atoms with van der Waals surface area (Å²) < 4.78 is 0. The number of H-pyrrole nitrogens is 1. The molecule has 2 heterocycles. The number of para-hydroxylation sites is 1. The molecular formula is C16H17NS. The van der Waals surface area contributed by atoms with E-state index in [9.17, 15) is 0 Å². The van der Waals surface area contributed by atoms with Crippen LogP contribution >= 0.6 is 11.3 Å². The molecule has 3 aromatic rings. The third-order valence-electron chi connectivity index (χ3n) is 3.33. The number of rotatable bonds is 4. The van der Waals surface area contributed by atoms with Crippen LogP contribution in [0.2, 0.25) is 0 Å². The summed E-state index contributed by atoms with van der Waals surface area (Å²) in [6, 6.07) is 13.0. The molecule has 0 bridgehead atoms. The van der Waals surface area contributed by atoms with Gasteiger partial charge in [-0.2, -0.15) is 0 Å². The van der Waals surface area contributed by atoms with E-state index in [-0.39, 0.29) is 0 Å². The molecular weight excluding hydrogens is 238 g/mol. The van der Waals surface area contributed by atoms with Crippen LogP contribution in [0.3, 0.4) is 0 Å². The molecule has 1 nitrogen and oxygen atoms in total. The molecule has 0 atom stereocenters. The van der Waals surface area contributed by atoms with Crippen molar-refractivity contribution in [1.82, 2.24) is 4.98 Å². The third kappa shape index (κ3) is 1.97. The van der Waals surface area contributed by atoms with Crippen LogP contribution in [0.5, 0.6) is 0 Å². The van der Waals surface area contributed by atoms with E-state index < -0.39 is 0 Å². The number of aryl methyl sites for hydroxylation is 1. The second-order valence-corrected chi connectivity index (χ2v) is 5.55. The van der Waals surface area contributed by atoms with E-state index in [2.05, 4.69) is 53.7 Å². The van der Waals surface area contributed by atoms with Crippen LogP contribution in [0.4, 0.5) is 0 Å². The fourth-order valence-corrected chi connectivity index (χ4v) is 3.25. The van der Waals surface area contributed by atoms with Crippen molar-refractivity contribution in [3.8, 4) is 10.4 Å². The summed E-state index contributed by atoms with van der Waals surface area (Å²) in [7, 11) is 0. The highest BCUT2D eigenvalue weighted by Crippen LogP contribution is 2.35. The molecule has 0 spiro atoms. The molecule has 0 saturated heterocycles. The molecule has 3 rings (SSSR count). The van der Waals surface area contributed by atoms with Crippen LogP contribution < -0.4 is 0 Å². The van der Waals surface area contributed by atoms with E-state index in [1.165, 1.54) is 39.9 Å². The van der Waals surface area contributed by atoms with E-state index in [0.29, 0.717) is 0 Å². The number of fused-ring (bicyclic) bond motifs is 1. The number of hydrogen-bond donors (Lipinski definition) is 1. The van der Waals surface area contributed by atoms with Gasteiger partial charge in [-0.1, -0.05) is 37.6 Å². The third-order valence-corrected chi connectivity index (χ3v) is 4.22. The summed E-state index contributed by atoms with van der Waals surface area (Å²) in [6.07, 6.45) is 3.61. The molecule has 0 aliphatic carbocycles. The zero-order chi connectivity index (χ0) is 12.4. The lowest BCUT2D eigenvalue weighted by molar-refractivity contribution is 0.784. The molecule has 0 saturated carbocycles. The Hall–Kier alpha value is -1.54. The monoisotopic (exact) mass is 255 g/mol. The van der Waals surface area contributed by atoms with Crippen molar-refractivity contribution in [2.24, 2.45) is 0 Å². The summed E-state index contributed by atoms with van der Waals surface area (Å²) in [6.45, 7) is 2.24. The summed E-state index contributed by atoms with van der Waals surface area (Å²) >= 11 is 1.82. The van der Waals surface area contributed by atoms with Crippen molar-refractivity contribution in [2.75, 3.05) is 0 Å². The molecule has 0 unspecified atom stereocenters. The Bertz CT molecular complexity index is 634. The Labute approximate surface area is 111 Å². The average molecular weight is 255 g/mol. The normalized spacial score (nSPS) is 11.2. The molecule has 0 amide bonds. The first-order valence-corrected chi connectivity index (χ1v) is 7.41. The van der Waals surface area contributed by atoms with E-state index >= 15 is 0 Å². The summed E-state index contributed by atoms with van der Waals surface area (Å²) in [5, 5.41) is 3.51. The van der Waals surface area contributed by atoms with E-state index in [1.807, 2.05) is 11.3 Å². The first kappa shape index (κ1) is 11.5. The predicted octanol–water partition coefficient (Wildman–Crippen LogP) is 5.24. The second-order valence-electron chi connectivity index (χ2n) is 4.60. The van der Waals surface area contributed by atoms with Gasteiger partial charge in [-0.15, -0.1) is 11.3 Å². The van der Waals surface area contributed by atoms with Gasteiger partial charge < -0.3 is 4.98 Å². The van der Waals surface area contributed by atoms with Gasteiger partial charge in [0.2, 0.25) is 0 Å². The van der Waals surface area contributed by atoms with Gasteiger partial charge in [-0.3, -0.25) is 0 Å². The predicted molar refractivity (Wildman–Crippen MR) is 80.2 cm³/mol. The fraction of sp³-hybridized carbons (Fsp3) is 0.250. The van der Waals surface area contributed by atoms with Gasteiger partial charge in [-0.05, 0) is 30.4 Å². The van der Waals surface area contributed by atoms with Gasteiger partial charge >= 0.3 is 0 Å². The smallest absolute Gasteiger partial charge is 0.0462 e. The summed E-state index contributed by atoms with van der Waals surface area (Å²) in [5.41, 5.74) is 4.06. The van der Waals surface area contributed by atoms with Crippen LogP contribution in [-0.4, -0.2) is 4.98 Å². The van der Waals surface area contributed by atoms with Crippen LogP contribution in [-0.2, 0) is 6.42 Å². The van der Waals surface area contributed by atoms with Gasteiger partial charge in [0.15, 0.2) is 0 Å². The van der Waals surface area contributed by atoms with Crippen molar-refractivity contribution < 1.29 is 0 Å². The minimum Gasteiger partial charge on any atom is -0.358 e. The maximum atomic E-state index is 3.59. The molecule has 1 aromatic carbocycles. The first-order valence-electron chi connectivity index (χ1n) is 6.53. The Kier molecular flexibility index (Phi) is 3.20. The second kappa shape index (κ2) is 4.99. The zero-order valence-corrected chi connectivity index (χ0v) is 11.4. The van der Waals surface area contributed by atoms with Gasteiger partial charge in [0.05, 0.1) is 0 Å². The maximum Gasteiger partial charge on any atom is 0.0462 e. The van der Waals surface area contributed by atoms with E-state index in [0.717, 1.165) is 6.42 Å². The van der Waals surface area contributed by atoms with Crippen molar-refractivity contribution in [3.63, 3.8) is 0 Å². The topological polar surface area (TPSA) is 15.8 Å². The standard InChI is InChI=1S/C16H17NS/c1-2-3-8-14-16(15-10-6-11-18-15)12-7-4-5-9-13(12)17-14/h4-7,9-11,17H,2-3,8H2,1H3. The quantitative estimate of drug-likeness (QED) is 0.656. The zero-order valence-electron chi connectivity index (χ0n) is 10.6. The number of unbranched alkanes of at least 4 members (excludes halogenated alkanes) is 1. The Morgan fingerprint density at radius 3 is 2.78 bits per heavy atom. The van der Waals surface area contributed by atoms with Crippen molar-refractivity contribution in [1.29, 1.82) is 0 Å². The minimum absolute atomic E-state index is 1.14. The van der Waals surface area contributed by atoms with Gasteiger partial charge in [0.1, 0.15) is 0 Å². The molecule has 0 fully saturated rings. The largest absolute Gasteiger partial charge is 0.358 e. The van der Waals surface area contributed by atoms with Gasteiger partial charge in [0.25, 0.3) is 0 Å². The average Bonchev–Trinajstić information content (AvgIpc) is 3.02. The molecule has 0 aliphatic heterocycles. The molecule has 0 aliphatic rings. The number of hydrogen-bond acceptors (Lipinski definition) is 1. The summed E-state index contributed by atoms with van der Waals surface area (Å²) in [5.74, 6) is 0. The molecule has 1 N–H and O–H groups in total. The maximum absolute atomic E-state index is 3.59. The Balaban J connectivity index is 2.18. The number of thiophene rings is 1. The van der Waals surface area contributed by atoms with Crippen LogP contribution in [0.25, 0.3) is 21.3 Å². The highest BCUT2D eigenvalue weighted by atomic mass is 32.1. The van der Waals surface area contributed by atoms with Crippen LogP contribution in [0, 0.1) is 0 Å². The molecule has 2 aromatic heterocycles. The minimum atomic E-state index is 1.14. The Morgan fingerprint density at radius 1 is 1.11 bits per heavy atom. The van der Waals surface area contributed by atoms with E-state index in [1.54, 1.807) is 0 Å². The van der Waals surface area contributed by atoms with Crippen molar-refractivity contribution >= 4 is 22.2 Å². The number of benzene rings is 1. The molecule has 92 valence electrons. The highest BCUT2D eigenvalue weighted by Gasteiger charge is 2.13. The van der Waals surface area contributed by atoms with Crippen LogP contribution in [0.1, 0.15) is 25.5 Å². The SMILES string of the molecule is CCCCc1[nH]c2ccccc2c1-c1cccs1. The lowest BCUT2D eigenvalue weighted by atomic mass is 10.1. The summed E-state index contributed by atoms with van der Waals surface area (Å²) in [4.78, 5) is 4.97. The Morgan fingerprint density at radius 2 is 2.00 bits per heavy atom. The molecule has 18 heavy (non-hydrogen) atoms. The first-order chi connectivity index (χ1) is 8.90. The van der Waals surface area contributed by atoms with Crippen molar-refractivity contribution in [2.45, 2.75) is 26.2 Å². The lowest BCUT2D eigenvalue weighted by Gasteiger charge is -2.01. The van der Waals surface area contributed by atoms with E-state index in [4.69, 9.17) is 0 Å². The van der Waals surface area contributed by atoms with Gasteiger partial charge in [-0.25, -0.2) is 0 Å². The highest BCUT2D eigenvalue weighted by molar-refractivity contribution is 7.13. The number of aromatic nitrogens is 1. The molecule has 0 radical (unpaired) electrons. The van der Waals surface area contributed by atoms with Crippen LogP contribution in [0.15, 0.2) is 41.8 Å². The van der Waals surface area contributed by atoms with Gasteiger partial charge in [0, 0.05) is 27.0 Å². The number of aromatic amines is 1. The number of nitrogens with one attached hydrogen (secondary N) is 1. The van der Waals surface area contributed by atoms with Crippen molar-refractivity contribution in [3.05, 3.63) is 47.5 Å². The molecule has 2 heteroatoms. The fourth-order valence-electron chi connectivity index (χ4n) is 2.44. The lowest BCUT2D eigenvalue weighted by Crippen LogP contribution is -1.87.